The van der Waals surface area contributed by atoms with Crippen molar-refractivity contribution in [3.05, 3.63) is 119 Å². The minimum atomic E-state index is 0.398. The summed E-state index contributed by atoms with van der Waals surface area (Å²) in [6, 6.07) is 28.3. The van der Waals surface area contributed by atoms with Gasteiger partial charge in [-0.1, -0.05) is 48.5 Å². The molecule has 2 aromatic heterocycles. The SMILES string of the molecule is c1cc2nc(c1)CNCc1ccccc1OCc1cccc(n1)COc1ccccc1CNC2. The van der Waals surface area contributed by atoms with Gasteiger partial charge in [-0.05, 0) is 36.4 Å². The van der Waals surface area contributed by atoms with Crippen LogP contribution in [0.1, 0.15) is 33.9 Å². The predicted octanol–water partition coefficient (Wildman–Crippen LogP) is 4.53. The van der Waals surface area contributed by atoms with Crippen molar-refractivity contribution >= 4 is 0 Å². The Morgan fingerprint density at radius 3 is 1.44 bits per heavy atom. The molecule has 5 rings (SSSR count). The van der Waals surface area contributed by atoms with Gasteiger partial charge in [0.05, 0.1) is 22.8 Å². The van der Waals surface area contributed by atoms with Gasteiger partial charge in [-0.2, -0.15) is 0 Å². The summed E-state index contributed by atoms with van der Waals surface area (Å²) >= 11 is 0. The maximum atomic E-state index is 6.14. The van der Waals surface area contributed by atoms with Crippen LogP contribution in [0.5, 0.6) is 11.5 Å². The third-order valence-corrected chi connectivity index (χ3v) is 5.67. The number of rotatable bonds is 0. The Labute approximate surface area is 200 Å². The predicted molar refractivity (Wildman–Crippen MR) is 131 cm³/mol. The molecule has 0 saturated carbocycles. The van der Waals surface area contributed by atoms with Crippen LogP contribution >= 0.6 is 0 Å². The Morgan fingerprint density at radius 2 is 0.912 bits per heavy atom. The van der Waals surface area contributed by atoms with E-state index in [0.717, 1.165) is 45.4 Å². The van der Waals surface area contributed by atoms with Gasteiger partial charge in [0.2, 0.25) is 0 Å². The molecule has 1 aliphatic rings. The maximum absolute atomic E-state index is 6.14. The lowest BCUT2D eigenvalue weighted by molar-refractivity contribution is 0.286. The molecule has 6 nitrogen and oxygen atoms in total. The van der Waals surface area contributed by atoms with E-state index < -0.39 is 0 Å². The highest BCUT2D eigenvalue weighted by molar-refractivity contribution is 5.34. The number of hydrogen-bond donors (Lipinski definition) is 2. The average Bonchev–Trinajstić information content (AvgIpc) is 2.88. The van der Waals surface area contributed by atoms with Crippen molar-refractivity contribution in [1.29, 1.82) is 0 Å². The molecule has 0 radical (unpaired) electrons. The van der Waals surface area contributed by atoms with Crippen LogP contribution in [0.15, 0.2) is 84.9 Å². The number of ether oxygens (including phenoxy) is 2. The molecule has 0 aliphatic carbocycles. The molecule has 4 bridgehead atoms. The lowest BCUT2D eigenvalue weighted by Crippen LogP contribution is -2.17. The summed E-state index contributed by atoms with van der Waals surface area (Å²) in [5.41, 5.74) is 5.97. The Bertz CT molecular complexity index is 1160. The van der Waals surface area contributed by atoms with E-state index in [2.05, 4.69) is 28.8 Å². The first-order valence-corrected chi connectivity index (χ1v) is 11.6. The first-order chi connectivity index (χ1) is 16.8. The molecule has 6 heteroatoms. The normalized spacial score (nSPS) is 14.6. The number of nitrogens with zero attached hydrogens (tertiary/aromatic N) is 2. The largest absolute Gasteiger partial charge is 0.487 e. The number of pyridine rings is 2. The lowest BCUT2D eigenvalue weighted by atomic mass is 10.2. The van der Waals surface area contributed by atoms with Gasteiger partial charge in [0.25, 0.3) is 0 Å². The molecule has 0 atom stereocenters. The number of nitrogens with one attached hydrogen (secondary N) is 2. The zero-order valence-corrected chi connectivity index (χ0v) is 19.0. The molecule has 2 N–H and O–H groups in total. The molecule has 172 valence electrons. The summed E-state index contributed by atoms with van der Waals surface area (Å²) in [5, 5.41) is 6.99. The van der Waals surface area contributed by atoms with Gasteiger partial charge in [-0.25, -0.2) is 0 Å². The van der Waals surface area contributed by atoms with Crippen molar-refractivity contribution < 1.29 is 9.47 Å². The summed E-state index contributed by atoms with van der Waals surface area (Å²) in [4.78, 5) is 9.53. The summed E-state index contributed by atoms with van der Waals surface area (Å²) < 4.78 is 12.3. The molecular formula is C28H28N4O2. The number of fused-ring (bicyclic) bond motifs is 6. The average molecular weight is 453 g/mol. The van der Waals surface area contributed by atoms with Crippen LogP contribution in [0.3, 0.4) is 0 Å². The molecular weight excluding hydrogens is 424 g/mol. The van der Waals surface area contributed by atoms with Gasteiger partial charge in [-0.15, -0.1) is 0 Å². The van der Waals surface area contributed by atoms with Crippen molar-refractivity contribution in [3.63, 3.8) is 0 Å². The topological polar surface area (TPSA) is 68.3 Å². The summed E-state index contributed by atoms with van der Waals surface area (Å²) in [6.45, 7) is 3.55. The minimum Gasteiger partial charge on any atom is -0.487 e. The maximum Gasteiger partial charge on any atom is 0.130 e. The van der Waals surface area contributed by atoms with E-state index in [-0.39, 0.29) is 0 Å². The third kappa shape index (κ3) is 5.78. The molecule has 4 aromatic rings. The Balaban J connectivity index is 1.40. The minimum absolute atomic E-state index is 0.398. The molecule has 2 aromatic carbocycles. The highest BCUT2D eigenvalue weighted by Gasteiger charge is 2.08. The smallest absolute Gasteiger partial charge is 0.130 e. The van der Waals surface area contributed by atoms with Gasteiger partial charge in [-0.3, -0.25) is 9.97 Å². The molecule has 1 aliphatic heterocycles. The summed E-state index contributed by atoms with van der Waals surface area (Å²) in [5.74, 6) is 1.71. The summed E-state index contributed by atoms with van der Waals surface area (Å²) in [6.07, 6.45) is 0. The fourth-order valence-corrected chi connectivity index (χ4v) is 3.95. The number of hydrogen-bond acceptors (Lipinski definition) is 6. The monoisotopic (exact) mass is 452 g/mol. The zero-order valence-electron chi connectivity index (χ0n) is 19.0. The van der Waals surface area contributed by atoms with E-state index in [1.54, 1.807) is 0 Å². The van der Waals surface area contributed by atoms with Crippen molar-refractivity contribution in [2.24, 2.45) is 0 Å². The molecule has 34 heavy (non-hydrogen) atoms. The number of para-hydroxylation sites is 2. The Morgan fingerprint density at radius 1 is 0.471 bits per heavy atom. The van der Waals surface area contributed by atoms with E-state index in [1.807, 2.05) is 66.7 Å². The van der Waals surface area contributed by atoms with E-state index in [4.69, 9.17) is 19.4 Å². The van der Waals surface area contributed by atoms with Crippen LogP contribution in [0.4, 0.5) is 0 Å². The van der Waals surface area contributed by atoms with Crippen LogP contribution in [0, 0.1) is 0 Å². The number of benzene rings is 2. The zero-order chi connectivity index (χ0) is 23.0. The Hall–Kier alpha value is -3.74. The molecule has 3 heterocycles. The molecule has 0 spiro atoms. The highest BCUT2D eigenvalue weighted by atomic mass is 16.5. The molecule has 0 unspecified atom stereocenters. The van der Waals surface area contributed by atoms with Crippen molar-refractivity contribution in [3.8, 4) is 11.5 Å². The second-order valence-electron chi connectivity index (χ2n) is 8.24. The van der Waals surface area contributed by atoms with Crippen LogP contribution in [0.2, 0.25) is 0 Å². The third-order valence-electron chi connectivity index (χ3n) is 5.67. The van der Waals surface area contributed by atoms with Crippen LogP contribution in [-0.4, -0.2) is 9.97 Å². The van der Waals surface area contributed by atoms with Crippen molar-refractivity contribution in [1.82, 2.24) is 20.6 Å². The Kier molecular flexibility index (Phi) is 7.09. The first-order valence-electron chi connectivity index (χ1n) is 11.6. The van der Waals surface area contributed by atoms with E-state index in [0.29, 0.717) is 39.4 Å². The first kappa shape index (κ1) is 22.1. The lowest BCUT2D eigenvalue weighted by Gasteiger charge is -2.14. The fraction of sp³-hybridized carbons (Fsp3) is 0.214. The van der Waals surface area contributed by atoms with Crippen LogP contribution < -0.4 is 20.1 Å². The second kappa shape index (κ2) is 10.9. The van der Waals surface area contributed by atoms with Gasteiger partial charge in [0.1, 0.15) is 24.7 Å². The van der Waals surface area contributed by atoms with Crippen molar-refractivity contribution in [2.45, 2.75) is 39.4 Å². The van der Waals surface area contributed by atoms with Gasteiger partial charge in [0, 0.05) is 37.3 Å². The van der Waals surface area contributed by atoms with Gasteiger partial charge < -0.3 is 20.1 Å². The van der Waals surface area contributed by atoms with E-state index in [1.165, 1.54) is 0 Å². The quantitative estimate of drug-likeness (QED) is 0.409. The molecule has 0 fully saturated rings. The summed E-state index contributed by atoms with van der Waals surface area (Å²) in [7, 11) is 0. The molecule has 0 saturated heterocycles. The number of aromatic nitrogens is 2. The van der Waals surface area contributed by atoms with Gasteiger partial charge >= 0.3 is 0 Å². The highest BCUT2D eigenvalue weighted by Crippen LogP contribution is 2.21. The van der Waals surface area contributed by atoms with Crippen molar-refractivity contribution in [2.75, 3.05) is 0 Å². The second-order valence-corrected chi connectivity index (χ2v) is 8.24. The van der Waals surface area contributed by atoms with Crippen LogP contribution in [0.25, 0.3) is 0 Å². The van der Waals surface area contributed by atoms with E-state index >= 15 is 0 Å². The van der Waals surface area contributed by atoms with E-state index in [9.17, 15) is 0 Å². The van der Waals surface area contributed by atoms with Crippen LogP contribution in [-0.2, 0) is 39.4 Å². The molecule has 0 amide bonds. The fourth-order valence-electron chi connectivity index (χ4n) is 3.95. The van der Waals surface area contributed by atoms with Gasteiger partial charge in [0.15, 0.2) is 0 Å². The standard InChI is InChI=1S/C28H28N4O2/c1-3-13-27-21(7-1)15-29-17-23-9-5-10-24(31-23)18-30-16-22-8-2-4-14-28(22)34-20-26-12-6-11-25(32-26)19-33-27/h1-14,29-30H,15-20H2.